The molecule has 22 heavy (non-hydrogen) atoms. The van der Waals surface area contributed by atoms with Crippen molar-refractivity contribution in [3.63, 3.8) is 0 Å². The van der Waals surface area contributed by atoms with Crippen molar-refractivity contribution in [2.75, 3.05) is 19.7 Å². The van der Waals surface area contributed by atoms with Crippen molar-refractivity contribution in [1.29, 1.82) is 0 Å². The molecule has 0 unspecified atom stereocenters. The maximum absolute atomic E-state index is 12.2. The molecule has 1 aromatic heterocycles. The quantitative estimate of drug-likeness (QED) is 0.832. The van der Waals surface area contributed by atoms with Crippen molar-refractivity contribution in [2.45, 2.75) is 42.6 Å². The topological polar surface area (TPSA) is 68.7 Å². The lowest BCUT2D eigenvalue weighted by Gasteiger charge is -2.52. The molecule has 3 fully saturated rings. The average molecular weight is 324 g/mol. The Bertz CT molecular complexity index is 639. The van der Waals surface area contributed by atoms with E-state index >= 15 is 0 Å². The van der Waals surface area contributed by atoms with Gasteiger partial charge >= 0.3 is 0 Å². The molecule has 1 aromatic rings. The molecule has 120 valence electrons. The Hall–Kier alpha value is -1.18. The first kappa shape index (κ1) is 14.4. The number of pyridine rings is 1. The van der Waals surface area contributed by atoms with Crippen LogP contribution in [0.4, 0.5) is 0 Å². The summed E-state index contributed by atoms with van der Waals surface area (Å²) in [6.07, 6.45) is 6.64. The minimum Gasteiger partial charge on any atom is -0.489 e. The summed E-state index contributed by atoms with van der Waals surface area (Å²) in [4.78, 5) is 4.05. The van der Waals surface area contributed by atoms with Crippen molar-refractivity contribution in [2.24, 2.45) is 0 Å². The van der Waals surface area contributed by atoms with E-state index in [-0.39, 0.29) is 17.0 Å². The van der Waals surface area contributed by atoms with E-state index in [2.05, 4.69) is 4.98 Å². The maximum Gasteiger partial charge on any atom is 0.217 e. The predicted molar refractivity (Wildman–Crippen MR) is 80.1 cm³/mol. The lowest BCUT2D eigenvalue weighted by atomic mass is 9.86. The molecule has 6 nitrogen and oxygen atoms in total. The zero-order valence-corrected chi connectivity index (χ0v) is 13.2. The van der Waals surface area contributed by atoms with Crippen LogP contribution in [-0.4, -0.2) is 54.4 Å². The third-order valence-electron chi connectivity index (χ3n) is 4.62. The monoisotopic (exact) mass is 324 g/mol. The Morgan fingerprint density at radius 1 is 1.32 bits per heavy atom. The van der Waals surface area contributed by atoms with Crippen LogP contribution in [0.25, 0.3) is 0 Å². The largest absolute Gasteiger partial charge is 0.489 e. The molecule has 0 radical (unpaired) electrons. The fourth-order valence-corrected chi connectivity index (χ4v) is 5.25. The summed E-state index contributed by atoms with van der Waals surface area (Å²) >= 11 is 0. The summed E-state index contributed by atoms with van der Waals surface area (Å²) in [6, 6.07) is 3.73. The molecule has 0 bridgehead atoms. The van der Waals surface area contributed by atoms with Crippen LogP contribution < -0.4 is 4.74 Å². The predicted octanol–water partition coefficient (Wildman–Crippen LogP) is 1.19. The average Bonchev–Trinajstić information content (AvgIpc) is 3.31. The van der Waals surface area contributed by atoms with E-state index in [0.717, 1.165) is 31.4 Å². The van der Waals surface area contributed by atoms with Crippen molar-refractivity contribution < 1.29 is 17.9 Å². The lowest BCUT2D eigenvalue weighted by molar-refractivity contribution is -0.164. The number of rotatable bonds is 4. The number of aromatic nitrogens is 1. The molecule has 3 heterocycles. The Morgan fingerprint density at radius 3 is 2.82 bits per heavy atom. The van der Waals surface area contributed by atoms with Gasteiger partial charge in [-0.3, -0.25) is 4.98 Å². The zero-order valence-electron chi connectivity index (χ0n) is 12.3. The van der Waals surface area contributed by atoms with Gasteiger partial charge in [0.25, 0.3) is 0 Å². The van der Waals surface area contributed by atoms with E-state index in [1.165, 1.54) is 0 Å². The number of sulfonamides is 1. The van der Waals surface area contributed by atoms with Gasteiger partial charge in [0.15, 0.2) is 0 Å². The van der Waals surface area contributed by atoms with Crippen LogP contribution in [-0.2, 0) is 14.8 Å². The summed E-state index contributed by atoms with van der Waals surface area (Å²) in [5, 5.41) is -0.143. The Labute approximate surface area is 130 Å². The van der Waals surface area contributed by atoms with E-state index in [4.69, 9.17) is 9.47 Å². The van der Waals surface area contributed by atoms with E-state index in [1.807, 2.05) is 12.1 Å². The van der Waals surface area contributed by atoms with E-state index < -0.39 is 10.0 Å². The third kappa shape index (κ3) is 2.61. The maximum atomic E-state index is 12.2. The van der Waals surface area contributed by atoms with Gasteiger partial charge in [-0.05, 0) is 25.0 Å². The number of hydrogen-bond donors (Lipinski definition) is 0. The van der Waals surface area contributed by atoms with Crippen LogP contribution in [0.15, 0.2) is 24.5 Å². The number of ether oxygens (including phenoxy) is 2. The molecule has 3 aliphatic rings. The van der Waals surface area contributed by atoms with Crippen molar-refractivity contribution in [1.82, 2.24) is 9.29 Å². The first-order valence-electron chi connectivity index (χ1n) is 7.77. The smallest absolute Gasteiger partial charge is 0.217 e. The standard InChI is InChI=1S/C15H20N2O4S/c18-22(19,14-3-4-14)17-10-15(11-17)8-12(5-7-20-15)21-13-2-1-6-16-9-13/h1-2,6,9,12,14H,3-5,7-8,10-11H2/t12-/m0/s1. The summed E-state index contributed by atoms with van der Waals surface area (Å²) < 4.78 is 37.8. The van der Waals surface area contributed by atoms with Gasteiger partial charge in [-0.2, -0.15) is 4.31 Å². The van der Waals surface area contributed by atoms with Crippen LogP contribution in [0.3, 0.4) is 0 Å². The van der Waals surface area contributed by atoms with Gasteiger partial charge in [0, 0.05) is 32.1 Å². The summed E-state index contributed by atoms with van der Waals surface area (Å²) in [7, 11) is -3.08. The molecule has 0 aromatic carbocycles. The van der Waals surface area contributed by atoms with Crippen LogP contribution >= 0.6 is 0 Å². The molecule has 1 aliphatic carbocycles. The summed E-state index contributed by atoms with van der Waals surface area (Å²) in [5.74, 6) is 0.756. The van der Waals surface area contributed by atoms with Gasteiger partial charge < -0.3 is 9.47 Å². The highest BCUT2D eigenvalue weighted by molar-refractivity contribution is 7.90. The molecule has 1 saturated carbocycles. The molecule has 1 spiro atoms. The van der Waals surface area contributed by atoms with Crippen LogP contribution in [0, 0.1) is 0 Å². The highest BCUT2D eigenvalue weighted by Crippen LogP contribution is 2.41. The fraction of sp³-hybridized carbons (Fsp3) is 0.667. The first-order chi connectivity index (χ1) is 10.6. The summed E-state index contributed by atoms with van der Waals surface area (Å²) in [6.45, 7) is 1.56. The van der Waals surface area contributed by atoms with E-state index in [9.17, 15) is 8.42 Å². The second kappa shape index (κ2) is 5.18. The molecule has 2 saturated heterocycles. The number of nitrogens with zero attached hydrogens (tertiary/aromatic N) is 2. The van der Waals surface area contributed by atoms with Gasteiger partial charge in [-0.1, -0.05) is 0 Å². The minimum atomic E-state index is -3.08. The second-order valence-electron chi connectivity index (χ2n) is 6.47. The molecule has 1 atom stereocenters. The van der Waals surface area contributed by atoms with Gasteiger partial charge in [0.1, 0.15) is 11.9 Å². The van der Waals surface area contributed by atoms with Crippen molar-refractivity contribution in [3.05, 3.63) is 24.5 Å². The molecule has 0 N–H and O–H groups in total. The Morgan fingerprint density at radius 2 is 2.14 bits per heavy atom. The fourth-order valence-electron chi connectivity index (χ4n) is 3.27. The van der Waals surface area contributed by atoms with Crippen LogP contribution in [0.5, 0.6) is 5.75 Å². The van der Waals surface area contributed by atoms with E-state index in [0.29, 0.717) is 19.7 Å². The van der Waals surface area contributed by atoms with Gasteiger partial charge in [-0.25, -0.2) is 8.42 Å². The molecule has 7 heteroatoms. The van der Waals surface area contributed by atoms with E-state index in [1.54, 1.807) is 16.7 Å². The highest BCUT2D eigenvalue weighted by atomic mass is 32.2. The van der Waals surface area contributed by atoms with Gasteiger partial charge in [0.2, 0.25) is 10.0 Å². The van der Waals surface area contributed by atoms with Gasteiger partial charge in [0.05, 0.1) is 23.7 Å². The van der Waals surface area contributed by atoms with Crippen molar-refractivity contribution >= 4 is 10.0 Å². The SMILES string of the molecule is O=S(=O)(C1CC1)N1CC2(C[C@@H](Oc3cccnc3)CCO2)C1. The molecular weight excluding hydrogens is 304 g/mol. The zero-order chi connectivity index (χ0) is 15.2. The Balaban J connectivity index is 1.38. The van der Waals surface area contributed by atoms with Crippen LogP contribution in [0.1, 0.15) is 25.7 Å². The lowest BCUT2D eigenvalue weighted by Crippen LogP contribution is -2.67. The minimum absolute atomic E-state index is 0.0590. The molecular formula is C15H20N2O4S. The third-order valence-corrected chi connectivity index (χ3v) is 6.91. The van der Waals surface area contributed by atoms with Crippen LogP contribution in [0.2, 0.25) is 0 Å². The number of hydrogen-bond acceptors (Lipinski definition) is 5. The Kier molecular flexibility index (Phi) is 3.39. The molecule has 4 rings (SSSR count). The normalized spacial score (nSPS) is 28.3. The summed E-state index contributed by atoms with van der Waals surface area (Å²) in [5.41, 5.74) is -0.354. The highest BCUT2D eigenvalue weighted by Gasteiger charge is 2.55. The van der Waals surface area contributed by atoms with Gasteiger partial charge in [-0.15, -0.1) is 0 Å². The van der Waals surface area contributed by atoms with Crippen molar-refractivity contribution in [3.8, 4) is 5.75 Å². The first-order valence-corrected chi connectivity index (χ1v) is 9.27. The second-order valence-corrected chi connectivity index (χ2v) is 8.68. The molecule has 0 amide bonds. The molecule has 2 aliphatic heterocycles.